The van der Waals surface area contributed by atoms with Crippen LogP contribution in [0.3, 0.4) is 0 Å². The van der Waals surface area contributed by atoms with Gasteiger partial charge in [0.25, 0.3) is 11.8 Å². The van der Waals surface area contributed by atoms with E-state index in [0.29, 0.717) is 35.1 Å². The number of likely N-dealkylation sites (tertiary alicyclic amines) is 1. The highest BCUT2D eigenvalue weighted by atomic mass is 32.2. The first-order chi connectivity index (χ1) is 17.2. The fourth-order valence-electron chi connectivity index (χ4n) is 4.31. The summed E-state index contributed by atoms with van der Waals surface area (Å²) in [6, 6.07) is 14.2. The molecule has 0 atom stereocenters. The number of fused-ring (bicyclic) bond motifs is 1. The number of aryl methyl sites for hydroxylation is 1. The molecule has 0 bridgehead atoms. The Labute approximate surface area is 212 Å². The SMILES string of the molecule is Cc1ccc(C(=O)NC(=Cc2cn(S(=O)(=O)N(C)C)c3ccccc23)C(=O)N2CCCCCC2)cc1. The maximum atomic E-state index is 13.6. The quantitative estimate of drug-likeness (QED) is 0.513. The molecule has 9 heteroatoms. The van der Waals surface area contributed by atoms with Gasteiger partial charge in [0, 0.05) is 49.9 Å². The Balaban J connectivity index is 1.80. The topological polar surface area (TPSA) is 91.7 Å². The first-order valence-corrected chi connectivity index (χ1v) is 13.5. The van der Waals surface area contributed by atoms with E-state index in [4.69, 9.17) is 0 Å². The zero-order valence-corrected chi connectivity index (χ0v) is 21.7. The lowest BCUT2D eigenvalue weighted by molar-refractivity contribution is -0.127. The summed E-state index contributed by atoms with van der Waals surface area (Å²) in [5.41, 5.74) is 2.60. The molecule has 0 unspecified atom stereocenters. The molecule has 3 aromatic rings. The molecule has 190 valence electrons. The Morgan fingerprint density at radius 2 is 1.58 bits per heavy atom. The lowest BCUT2D eigenvalue weighted by atomic mass is 10.1. The number of rotatable bonds is 6. The summed E-state index contributed by atoms with van der Waals surface area (Å²) in [5.74, 6) is -0.668. The Morgan fingerprint density at radius 3 is 2.22 bits per heavy atom. The maximum Gasteiger partial charge on any atom is 0.307 e. The molecule has 1 fully saturated rings. The molecule has 1 aliphatic rings. The standard InChI is InChI=1S/C27H32N4O4S/c1-20-12-14-21(15-13-20)26(32)28-24(27(33)30-16-8-4-5-9-17-30)18-22-19-31(36(34,35)29(2)3)25-11-7-6-10-23(22)25/h6-7,10-15,18-19H,4-5,8-9,16-17H2,1-3H3,(H,28,32). The van der Waals surface area contributed by atoms with Gasteiger partial charge in [-0.15, -0.1) is 0 Å². The van der Waals surface area contributed by atoms with Crippen molar-refractivity contribution in [1.29, 1.82) is 0 Å². The van der Waals surface area contributed by atoms with Crippen LogP contribution in [0.15, 0.2) is 60.4 Å². The minimum absolute atomic E-state index is 0.118. The molecule has 2 amide bonds. The van der Waals surface area contributed by atoms with Gasteiger partial charge in [-0.2, -0.15) is 12.7 Å². The van der Waals surface area contributed by atoms with Crippen molar-refractivity contribution in [3.8, 4) is 0 Å². The van der Waals surface area contributed by atoms with Gasteiger partial charge < -0.3 is 10.2 Å². The van der Waals surface area contributed by atoms with Crippen LogP contribution in [-0.4, -0.2) is 60.6 Å². The first-order valence-electron chi connectivity index (χ1n) is 12.1. The van der Waals surface area contributed by atoms with E-state index in [-0.39, 0.29) is 11.6 Å². The molecule has 0 radical (unpaired) electrons. The Kier molecular flexibility index (Phi) is 7.61. The lowest BCUT2D eigenvalue weighted by Crippen LogP contribution is -2.39. The summed E-state index contributed by atoms with van der Waals surface area (Å²) in [7, 11) is -0.860. The predicted molar refractivity (Wildman–Crippen MR) is 142 cm³/mol. The highest BCUT2D eigenvalue weighted by Gasteiger charge is 2.24. The van der Waals surface area contributed by atoms with E-state index in [2.05, 4.69) is 5.32 Å². The molecule has 8 nitrogen and oxygen atoms in total. The van der Waals surface area contributed by atoms with Crippen LogP contribution in [0.25, 0.3) is 17.0 Å². The number of hydrogen-bond donors (Lipinski definition) is 1. The monoisotopic (exact) mass is 508 g/mol. The van der Waals surface area contributed by atoms with E-state index in [1.54, 1.807) is 41.3 Å². The molecule has 4 rings (SSSR count). The third-order valence-electron chi connectivity index (χ3n) is 6.40. The van der Waals surface area contributed by atoms with Crippen LogP contribution in [0.4, 0.5) is 0 Å². The van der Waals surface area contributed by atoms with Crippen molar-refractivity contribution in [2.75, 3.05) is 27.2 Å². The number of amides is 2. The highest BCUT2D eigenvalue weighted by molar-refractivity contribution is 7.87. The minimum Gasteiger partial charge on any atom is -0.337 e. The number of benzene rings is 2. The second-order valence-electron chi connectivity index (χ2n) is 9.27. The number of carbonyl (C=O) groups excluding carboxylic acids is 2. The summed E-state index contributed by atoms with van der Waals surface area (Å²) >= 11 is 0. The zero-order chi connectivity index (χ0) is 25.9. The summed E-state index contributed by atoms with van der Waals surface area (Å²) in [5, 5.41) is 3.48. The molecular formula is C27H32N4O4S. The number of hydrogen-bond acceptors (Lipinski definition) is 4. The van der Waals surface area contributed by atoms with Crippen molar-refractivity contribution in [3.05, 3.63) is 77.1 Å². The van der Waals surface area contributed by atoms with E-state index < -0.39 is 16.1 Å². The first kappa shape index (κ1) is 25.7. The molecule has 2 heterocycles. The fraction of sp³-hybridized carbons (Fsp3) is 0.333. The number of para-hydroxylation sites is 1. The molecule has 36 heavy (non-hydrogen) atoms. The Hall–Kier alpha value is -3.43. The average molecular weight is 509 g/mol. The second kappa shape index (κ2) is 10.7. The van der Waals surface area contributed by atoms with Gasteiger partial charge in [-0.05, 0) is 44.0 Å². The molecule has 0 aliphatic carbocycles. The second-order valence-corrected chi connectivity index (χ2v) is 11.3. The number of nitrogens with one attached hydrogen (secondary N) is 1. The van der Waals surface area contributed by atoms with Crippen molar-refractivity contribution in [2.45, 2.75) is 32.6 Å². The van der Waals surface area contributed by atoms with Crippen molar-refractivity contribution >= 4 is 39.0 Å². The van der Waals surface area contributed by atoms with Gasteiger partial charge in [0.05, 0.1) is 5.52 Å². The smallest absolute Gasteiger partial charge is 0.307 e. The van der Waals surface area contributed by atoms with E-state index in [0.717, 1.165) is 35.6 Å². The van der Waals surface area contributed by atoms with Crippen LogP contribution in [0.1, 0.15) is 47.2 Å². The van der Waals surface area contributed by atoms with Crippen molar-refractivity contribution in [2.24, 2.45) is 0 Å². The summed E-state index contributed by atoms with van der Waals surface area (Å²) in [6.07, 6.45) is 7.02. The lowest BCUT2D eigenvalue weighted by Gasteiger charge is -2.22. The van der Waals surface area contributed by atoms with Gasteiger partial charge >= 0.3 is 10.2 Å². The highest BCUT2D eigenvalue weighted by Crippen LogP contribution is 2.26. The normalized spacial score (nSPS) is 15.2. The van der Waals surface area contributed by atoms with Crippen LogP contribution < -0.4 is 5.32 Å². The Bertz CT molecular complexity index is 1400. The van der Waals surface area contributed by atoms with Gasteiger partial charge in [-0.25, -0.2) is 3.97 Å². The molecule has 1 aliphatic heterocycles. The van der Waals surface area contributed by atoms with Crippen LogP contribution in [-0.2, 0) is 15.0 Å². The van der Waals surface area contributed by atoms with Crippen LogP contribution >= 0.6 is 0 Å². The van der Waals surface area contributed by atoms with E-state index >= 15 is 0 Å². The average Bonchev–Trinajstić information content (AvgIpc) is 3.02. The fourth-order valence-corrected chi connectivity index (χ4v) is 5.31. The zero-order valence-electron chi connectivity index (χ0n) is 20.9. The number of aromatic nitrogens is 1. The number of nitrogens with zero attached hydrogens (tertiary/aromatic N) is 3. The van der Waals surface area contributed by atoms with Crippen LogP contribution in [0, 0.1) is 6.92 Å². The van der Waals surface area contributed by atoms with Crippen molar-refractivity contribution < 1.29 is 18.0 Å². The predicted octanol–water partition coefficient (Wildman–Crippen LogP) is 3.78. The van der Waals surface area contributed by atoms with E-state index in [1.165, 1.54) is 24.3 Å². The third-order valence-corrected chi connectivity index (χ3v) is 8.13. The summed E-state index contributed by atoms with van der Waals surface area (Å²) < 4.78 is 28.3. The van der Waals surface area contributed by atoms with Gasteiger partial charge in [0.2, 0.25) is 0 Å². The molecular weight excluding hydrogens is 476 g/mol. The molecule has 2 aromatic carbocycles. The van der Waals surface area contributed by atoms with E-state index in [9.17, 15) is 18.0 Å². The summed E-state index contributed by atoms with van der Waals surface area (Å²) in [6.45, 7) is 3.17. The summed E-state index contributed by atoms with van der Waals surface area (Å²) in [4.78, 5) is 28.5. The molecule has 0 saturated carbocycles. The maximum absolute atomic E-state index is 13.6. The van der Waals surface area contributed by atoms with Gasteiger partial charge in [-0.3, -0.25) is 9.59 Å². The van der Waals surface area contributed by atoms with Crippen molar-refractivity contribution in [3.63, 3.8) is 0 Å². The molecule has 0 spiro atoms. The third kappa shape index (κ3) is 5.37. The van der Waals surface area contributed by atoms with Crippen molar-refractivity contribution in [1.82, 2.24) is 18.5 Å². The number of carbonyl (C=O) groups is 2. The van der Waals surface area contributed by atoms with Gasteiger partial charge in [-0.1, -0.05) is 48.7 Å². The minimum atomic E-state index is -3.80. The Morgan fingerprint density at radius 1 is 0.944 bits per heavy atom. The molecule has 1 saturated heterocycles. The largest absolute Gasteiger partial charge is 0.337 e. The van der Waals surface area contributed by atoms with Crippen LogP contribution in [0.5, 0.6) is 0 Å². The van der Waals surface area contributed by atoms with Gasteiger partial charge in [0.1, 0.15) is 5.70 Å². The van der Waals surface area contributed by atoms with Crippen LogP contribution in [0.2, 0.25) is 0 Å². The molecule has 1 N–H and O–H groups in total. The van der Waals surface area contributed by atoms with E-state index in [1.807, 2.05) is 25.1 Å². The molecule has 1 aromatic heterocycles. The van der Waals surface area contributed by atoms with Gasteiger partial charge in [0.15, 0.2) is 0 Å².